The van der Waals surface area contributed by atoms with Gasteiger partial charge in [-0.2, -0.15) is 0 Å². The van der Waals surface area contributed by atoms with Crippen molar-refractivity contribution < 1.29 is 27.4 Å². The van der Waals surface area contributed by atoms with Crippen molar-refractivity contribution in [1.29, 1.82) is 0 Å². The maximum absolute atomic E-state index is 6.73. The summed E-state index contributed by atoms with van der Waals surface area (Å²) in [6, 6.07) is 0. The van der Waals surface area contributed by atoms with E-state index in [1.165, 1.54) is 7.11 Å². The molecule has 0 fully saturated rings. The summed E-state index contributed by atoms with van der Waals surface area (Å²) in [6.45, 7) is 0. The molecule has 2 heterocycles. The van der Waals surface area contributed by atoms with Crippen LogP contribution in [0.15, 0.2) is 40.3 Å². The first-order valence-corrected chi connectivity index (χ1v) is 19.2. The summed E-state index contributed by atoms with van der Waals surface area (Å²) in [6.07, 6.45) is 0. The molecule has 3 aromatic carbocycles. The van der Waals surface area contributed by atoms with Gasteiger partial charge in [0.25, 0.3) is 0 Å². The first-order valence-electron chi connectivity index (χ1n) is 10.2. The van der Waals surface area contributed by atoms with Crippen molar-refractivity contribution in [1.82, 2.24) is 0 Å². The molecular formula is C19H9B3Br9O6P. The van der Waals surface area contributed by atoms with Crippen molar-refractivity contribution >= 4 is 191 Å². The average Bonchev–Trinajstić information content (AvgIpc) is 3.42. The van der Waals surface area contributed by atoms with Crippen molar-refractivity contribution in [3.8, 4) is 34.5 Å². The molecule has 0 N–H and O–H groups in total. The minimum absolute atomic E-state index is 0.226. The van der Waals surface area contributed by atoms with Gasteiger partial charge < -0.3 is 0 Å². The van der Waals surface area contributed by atoms with Crippen LogP contribution < -0.4 is 43.7 Å². The van der Waals surface area contributed by atoms with E-state index < -0.39 is 7.74 Å². The number of methoxy groups -OCH3 is 1. The number of hydrogen-bond acceptors (Lipinski definition) is 6. The summed E-state index contributed by atoms with van der Waals surface area (Å²) in [5.74, 6) is 2.14. The van der Waals surface area contributed by atoms with E-state index in [-0.39, 0.29) is 5.75 Å². The Kier molecular flexibility index (Phi) is 8.56. The SMILES string of the molecule is Bc1c(Br)c(B)c2c(c1Br)OP1(Oc3c(Br)c(Br)c(Br)c(Br)c3OC)(O2)Oc2c(B)c(Br)c(Br)c(Br)c2O1. The van der Waals surface area contributed by atoms with Crippen LogP contribution >= 0.6 is 151 Å². The van der Waals surface area contributed by atoms with Crippen molar-refractivity contribution in [3.63, 3.8) is 0 Å². The molecule has 0 amide bonds. The predicted molar refractivity (Wildman–Crippen MR) is 190 cm³/mol. The summed E-state index contributed by atoms with van der Waals surface area (Å²) in [5, 5.41) is 0. The number of halogens is 9. The van der Waals surface area contributed by atoms with Gasteiger partial charge in [0.2, 0.25) is 0 Å². The van der Waals surface area contributed by atoms with Gasteiger partial charge in [0, 0.05) is 0 Å². The van der Waals surface area contributed by atoms with Crippen LogP contribution in [0.2, 0.25) is 0 Å². The Morgan fingerprint density at radius 3 is 1.42 bits per heavy atom. The van der Waals surface area contributed by atoms with Gasteiger partial charge in [-0.3, -0.25) is 0 Å². The van der Waals surface area contributed by atoms with E-state index in [9.17, 15) is 0 Å². The van der Waals surface area contributed by atoms with Crippen LogP contribution in [0.5, 0.6) is 34.5 Å². The molecule has 1 spiro atoms. The number of ether oxygens (including phenoxy) is 1. The van der Waals surface area contributed by atoms with E-state index >= 15 is 0 Å². The third-order valence-corrected chi connectivity index (χ3v) is 18.6. The van der Waals surface area contributed by atoms with Gasteiger partial charge in [0.05, 0.1) is 0 Å². The van der Waals surface area contributed by atoms with E-state index in [4.69, 9.17) is 27.4 Å². The third-order valence-electron chi connectivity index (χ3n) is 5.78. The van der Waals surface area contributed by atoms with Crippen molar-refractivity contribution in [2.24, 2.45) is 0 Å². The van der Waals surface area contributed by atoms with Crippen LogP contribution in [0.1, 0.15) is 0 Å². The quantitative estimate of drug-likeness (QED) is 0.125. The van der Waals surface area contributed by atoms with Gasteiger partial charge in [0.1, 0.15) is 0 Å². The molecule has 38 heavy (non-hydrogen) atoms. The zero-order valence-electron chi connectivity index (χ0n) is 19.3. The molecule has 6 nitrogen and oxygen atoms in total. The first kappa shape index (κ1) is 30.8. The van der Waals surface area contributed by atoms with E-state index in [2.05, 4.69) is 143 Å². The van der Waals surface area contributed by atoms with E-state index in [1.807, 2.05) is 23.5 Å². The molecule has 2 aliphatic rings. The summed E-state index contributed by atoms with van der Waals surface area (Å²) in [7, 11) is 2.23. The van der Waals surface area contributed by atoms with Crippen LogP contribution in [0.3, 0.4) is 0 Å². The van der Waals surface area contributed by atoms with Crippen LogP contribution in [0.4, 0.5) is 0 Å². The summed E-state index contributed by atoms with van der Waals surface area (Å²) in [4.78, 5) is 0. The Balaban J connectivity index is 1.82. The zero-order chi connectivity index (χ0) is 28.1. The fourth-order valence-electron chi connectivity index (χ4n) is 3.82. The molecule has 0 aliphatic carbocycles. The third kappa shape index (κ3) is 4.46. The van der Waals surface area contributed by atoms with Crippen LogP contribution in [0, 0.1) is 0 Å². The Morgan fingerprint density at radius 2 is 0.895 bits per heavy atom. The van der Waals surface area contributed by atoms with Gasteiger partial charge in [-0.25, -0.2) is 0 Å². The zero-order valence-corrected chi connectivity index (χ0v) is 34.5. The Hall–Kier alpha value is 1.40. The van der Waals surface area contributed by atoms with Gasteiger partial charge in [-0.15, -0.1) is 0 Å². The van der Waals surface area contributed by atoms with Crippen molar-refractivity contribution in [3.05, 3.63) is 40.3 Å². The molecule has 0 saturated carbocycles. The molecule has 0 bridgehead atoms. The second-order valence-corrected chi connectivity index (χ2v) is 17.6. The normalized spacial score (nSPS) is 16.8. The monoisotopic (exact) mass is 1110 g/mol. The van der Waals surface area contributed by atoms with Gasteiger partial charge >= 0.3 is 300 Å². The van der Waals surface area contributed by atoms with E-state index in [0.29, 0.717) is 55.6 Å². The molecule has 3 aromatic rings. The predicted octanol–water partition coefficient (Wildman–Crippen LogP) is 6.78. The molecule has 0 radical (unpaired) electrons. The van der Waals surface area contributed by atoms with E-state index in [0.717, 1.165) is 29.8 Å². The second-order valence-electron chi connectivity index (χ2n) is 8.08. The fraction of sp³-hybridized carbons (Fsp3) is 0.0526. The van der Waals surface area contributed by atoms with Crippen molar-refractivity contribution in [2.45, 2.75) is 0 Å². The molecule has 0 saturated heterocycles. The maximum atomic E-state index is 6.73. The minimum atomic E-state index is -5.04. The molecule has 19 heteroatoms. The van der Waals surface area contributed by atoms with E-state index in [1.54, 1.807) is 0 Å². The van der Waals surface area contributed by atoms with Gasteiger partial charge in [-0.05, 0) is 0 Å². The Morgan fingerprint density at radius 1 is 0.474 bits per heavy atom. The number of rotatable bonds is 3. The number of fused-ring (bicyclic) bond motifs is 2. The molecule has 2 aliphatic heterocycles. The molecule has 0 aromatic heterocycles. The summed E-state index contributed by atoms with van der Waals surface area (Å²) < 4.78 is 45.1. The Bertz CT molecular complexity index is 1450. The second kappa shape index (κ2) is 10.5. The van der Waals surface area contributed by atoms with Crippen LogP contribution in [-0.2, 0) is 0 Å². The fourth-order valence-corrected chi connectivity index (χ4v) is 12.0. The van der Waals surface area contributed by atoms with Gasteiger partial charge in [0.15, 0.2) is 0 Å². The van der Waals surface area contributed by atoms with Crippen LogP contribution in [-0.4, -0.2) is 30.6 Å². The number of hydrogen-bond donors (Lipinski definition) is 0. The number of benzene rings is 3. The van der Waals surface area contributed by atoms with Crippen molar-refractivity contribution in [2.75, 3.05) is 7.11 Å². The molecular weight excluding hydrogens is 1110 g/mol. The summed E-state index contributed by atoms with van der Waals surface area (Å²) in [5.41, 5.74) is 2.45. The first-order chi connectivity index (χ1) is 17.7. The topological polar surface area (TPSA) is 55.4 Å². The standard InChI is InChI=1S/C19H9B3Br9O6P/c1-32-16-11(29)9(27)10(28)13(31)19(16)37-38(33-14-3(21)5(23)2(20)7(25)17(14)35-38)34-15-4(22)6(24)8(26)12(30)18(15)36-38/h20-22H2,1H3. The summed E-state index contributed by atoms with van der Waals surface area (Å²) >= 11 is 32.5. The molecule has 0 unspecified atom stereocenters. The Labute approximate surface area is 296 Å². The molecule has 5 rings (SSSR count). The molecule has 198 valence electrons. The van der Waals surface area contributed by atoms with Crippen LogP contribution in [0.25, 0.3) is 0 Å². The average molecular weight is 1120 g/mol. The van der Waals surface area contributed by atoms with Gasteiger partial charge in [-0.1, -0.05) is 0 Å². The molecule has 0 atom stereocenters.